The summed E-state index contributed by atoms with van der Waals surface area (Å²) in [5, 5.41) is 7.29. The van der Waals surface area contributed by atoms with Crippen LogP contribution in [0, 0.1) is 6.92 Å². The van der Waals surface area contributed by atoms with Crippen LogP contribution >= 0.6 is 22.7 Å². The fourth-order valence-corrected chi connectivity index (χ4v) is 4.83. The molecule has 1 N–H and O–H groups in total. The highest BCUT2D eigenvalue weighted by atomic mass is 32.1. The van der Waals surface area contributed by atoms with Crippen LogP contribution in [0.4, 0.5) is 0 Å². The molecule has 0 saturated heterocycles. The van der Waals surface area contributed by atoms with Gasteiger partial charge in [-0.3, -0.25) is 4.79 Å². The molecular formula is C23H23N3OS2. The molecule has 0 aliphatic rings. The molecule has 0 aliphatic heterocycles. The first-order valence-electron chi connectivity index (χ1n) is 9.80. The van der Waals surface area contributed by atoms with Crippen LogP contribution in [0.3, 0.4) is 0 Å². The topological polar surface area (TPSA) is 54.9 Å². The van der Waals surface area contributed by atoms with Crippen molar-refractivity contribution in [3.8, 4) is 11.3 Å². The SMILES string of the molecule is Cc1nc(-c2ccc(CCNC(=O)CCCc3nc4ccccc4s3)cc2)cs1. The Morgan fingerprint density at radius 2 is 1.86 bits per heavy atom. The molecule has 4 rings (SSSR count). The van der Waals surface area contributed by atoms with Crippen molar-refractivity contribution < 1.29 is 4.79 Å². The van der Waals surface area contributed by atoms with Gasteiger partial charge in [-0.25, -0.2) is 9.97 Å². The number of fused-ring (bicyclic) bond motifs is 1. The number of aryl methyl sites for hydroxylation is 2. The van der Waals surface area contributed by atoms with E-state index in [4.69, 9.17) is 0 Å². The second-order valence-electron chi connectivity index (χ2n) is 6.98. The van der Waals surface area contributed by atoms with Crippen molar-refractivity contribution in [1.82, 2.24) is 15.3 Å². The van der Waals surface area contributed by atoms with Gasteiger partial charge in [0.15, 0.2) is 0 Å². The third-order valence-corrected chi connectivity index (χ3v) is 6.61. The monoisotopic (exact) mass is 421 g/mol. The number of carbonyl (C=O) groups excluding carboxylic acids is 1. The maximum atomic E-state index is 12.1. The maximum Gasteiger partial charge on any atom is 0.220 e. The molecule has 6 heteroatoms. The number of nitrogens with one attached hydrogen (secondary N) is 1. The van der Waals surface area contributed by atoms with Crippen molar-refractivity contribution in [3.63, 3.8) is 0 Å². The number of nitrogens with zero attached hydrogens (tertiary/aromatic N) is 2. The Morgan fingerprint density at radius 3 is 2.62 bits per heavy atom. The average Bonchev–Trinajstić information content (AvgIpc) is 3.34. The van der Waals surface area contributed by atoms with Crippen LogP contribution in [0.5, 0.6) is 0 Å². The third kappa shape index (κ3) is 5.28. The molecule has 0 bridgehead atoms. The van der Waals surface area contributed by atoms with Crippen LogP contribution in [0.2, 0.25) is 0 Å². The zero-order chi connectivity index (χ0) is 20.1. The molecule has 0 saturated carbocycles. The Morgan fingerprint density at radius 1 is 1.03 bits per heavy atom. The maximum absolute atomic E-state index is 12.1. The lowest BCUT2D eigenvalue weighted by Gasteiger charge is -2.06. The van der Waals surface area contributed by atoms with E-state index >= 15 is 0 Å². The Labute approximate surface area is 178 Å². The summed E-state index contributed by atoms with van der Waals surface area (Å²) < 4.78 is 1.21. The highest BCUT2D eigenvalue weighted by Gasteiger charge is 2.06. The molecule has 4 aromatic rings. The Balaban J connectivity index is 1.18. The summed E-state index contributed by atoms with van der Waals surface area (Å²) in [6, 6.07) is 16.6. The van der Waals surface area contributed by atoms with Gasteiger partial charge in [-0.15, -0.1) is 22.7 Å². The number of thiazole rings is 2. The molecule has 0 aliphatic carbocycles. The van der Waals surface area contributed by atoms with E-state index in [9.17, 15) is 4.79 Å². The zero-order valence-electron chi connectivity index (χ0n) is 16.4. The number of carbonyl (C=O) groups is 1. The number of para-hydroxylation sites is 1. The summed E-state index contributed by atoms with van der Waals surface area (Å²) in [6.45, 7) is 2.68. The fourth-order valence-electron chi connectivity index (χ4n) is 3.20. The highest BCUT2D eigenvalue weighted by molar-refractivity contribution is 7.18. The lowest BCUT2D eigenvalue weighted by Crippen LogP contribution is -2.25. The van der Waals surface area contributed by atoms with Gasteiger partial charge < -0.3 is 5.32 Å². The number of amides is 1. The molecule has 0 spiro atoms. The number of rotatable bonds is 8. The lowest BCUT2D eigenvalue weighted by molar-refractivity contribution is -0.121. The van der Waals surface area contributed by atoms with E-state index in [1.54, 1.807) is 22.7 Å². The van der Waals surface area contributed by atoms with Crippen LogP contribution in [0.15, 0.2) is 53.9 Å². The highest BCUT2D eigenvalue weighted by Crippen LogP contribution is 2.23. The number of hydrogen-bond acceptors (Lipinski definition) is 5. The lowest BCUT2D eigenvalue weighted by atomic mass is 10.1. The first kappa shape index (κ1) is 19.7. The van der Waals surface area contributed by atoms with Crippen LogP contribution in [0.1, 0.15) is 28.4 Å². The second kappa shape index (κ2) is 9.29. The molecule has 0 unspecified atom stereocenters. The minimum Gasteiger partial charge on any atom is -0.356 e. The van der Waals surface area contributed by atoms with E-state index in [2.05, 4.69) is 51.0 Å². The van der Waals surface area contributed by atoms with E-state index in [0.29, 0.717) is 13.0 Å². The molecular weight excluding hydrogens is 398 g/mol. The van der Waals surface area contributed by atoms with E-state index in [1.807, 2.05) is 25.1 Å². The van der Waals surface area contributed by atoms with E-state index in [1.165, 1.54) is 10.3 Å². The van der Waals surface area contributed by atoms with E-state index in [-0.39, 0.29) is 5.91 Å². The quantitative estimate of drug-likeness (QED) is 0.414. The Hall–Kier alpha value is -2.57. The van der Waals surface area contributed by atoms with Crippen LogP contribution in [-0.2, 0) is 17.6 Å². The molecule has 0 radical (unpaired) electrons. The van der Waals surface area contributed by atoms with Crippen molar-refractivity contribution in [2.24, 2.45) is 0 Å². The van der Waals surface area contributed by atoms with E-state index < -0.39 is 0 Å². The van der Waals surface area contributed by atoms with Gasteiger partial charge in [-0.1, -0.05) is 36.4 Å². The summed E-state index contributed by atoms with van der Waals surface area (Å²) in [5.41, 5.74) is 4.43. The van der Waals surface area contributed by atoms with Crippen molar-refractivity contribution in [1.29, 1.82) is 0 Å². The second-order valence-corrected chi connectivity index (χ2v) is 9.15. The number of benzene rings is 2. The van der Waals surface area contributed by atoms with Gasteiger partial charge >= 0.3 is 0 Å². The standard InChI is InChI=1S/C23H23N3OS2/c1-16-25-20(15-28-16)18-11-9-17(10-12-18)13-14-24-22(27)7-4-8-23-26-19-5-2-3-6-21(19)29-23/h2-3,5-6,9-12,15H,4,7-8,13-14H2,1H3,(H,24,27). The molecule has 29 heavy (non-hydrogen) atoms. The summed E-state index contributed by atoms with van der Waals surface area (Å²) in [6.07, 6.45) is 3.05. The minimum atomic E-state index is 0.112. The van der Waals surface area contributed by atoms with Crippen LogP contribution in [0.25, 0.3) is 21.5 Å². The normalized spacial score (nSPS) is 11.1. The van der Waals surface area contributed by atoms with Crippen LogP contribution in [-0.4, -0.2) is 22.4 Å². The zero-order valence-corrected chi connectivity index (χ0v) is 18.0. The number of aromatic nitrogens is 2. The van der Waals surface area contributed by atoms with Gasteiger partial charge in [0.2, 0.25) is 5.91 Å². The average molecular weight is 422 g/mol. The largest absolute Gasteiger partial charge is 0.356 e. The molecule has 2 heterocycles. The molecule has 1 amide bonds. The molecule has 2 aromatic carbocycles. The Kier molecular flexibility index (Phi) is 6.32. The summed E-state index contributed by atoms with van der Waals surface area (Å²) >= 11 is 3.38. The van der Waals surface area contributed by atoms with Gasteiger partial charge in [0.05, 0.1) is 25.9 Å². The molecule has 148 valence electrons. The van der Waals surface area contributed by atoms with Crippen LogP contribution < -0.4 is 5.32 Å². The summed E-state index contributed by atoms with van der Waals surface area (Å²) in [5.74, 6) is 0.112. The first-order chi connectivity index (χ1) is 14.2. The van der Waals surface area contributed by atoms with Crippen molar-refractivity contribution >= 4 is 38.8 Å². The molecule has 2 aromatic heterocycles. The third-order valence-electron chi connectivity index (χ3n) is 4.74. The van der Waals surface area contributed by atoms with Gasteiger partial charge in [-0.2, -0.15) is 0 Å². The smallest absolute Gasteiger partial charge is 0.220 e. The molecule has 4 nitrogen and oxygen atoms in total. The summed E-state index contributed by atoms with van der Waals surface area (Å²) in [7, 11) is 0. The Bertz CT molecular complexity index is 1070. The van der Waals surface area contributed by atoms with Crippen molar-refractivity contribution in [2.45, 2.75) is 32.6 Å². The summed E-state index contributed by atoms with van der Waals surface area (Å²) in [4.78, 5) is 21.2. The number of hydrogen-bond donors (Lipinski definition) is 1. The molecule has 0 fully saturated rings. The predicted molar refractivity (Wildman–Crippen MR) is 122 cm³/mol. The molecule has 0 atom stereocenters. The van der Waals surface area contributed by atoms with E-state index in [0.717, 1.165) is 46.1 Å². The fraction of sp³-hybridized carbons (Fsp3) is 0.261. The van der Waals surface area contributed by atoms with Gasteiger partial charge in [0, 0.05) is 23.9 Å². The van der Waals surface area contributed by atoms with Gasteiger partial charge in [0.25, 0.3) is 0 Å². The first-order valence-corrected chi connectivity index (χ1v) is 11.5. The minimum absolute atomic E-state index is 0.112. The van der Waals surface area contributed by atoms with Gasteiger partial charge in [0.1, 0.15) is 0 Å². The van der Waals surface area contributed by atoms with Gasteiger partial charge in [-0.05, 0) is 43.9 Å². The van der Waals surface area contributed by atoms with Crippen molar-refractivity contribution in [3.05, 3.63) is 69.5 Å². The predicted octanol–water partition coefficient (Wildman–Crippen LogP) is 5.41. The van der Waals surface area contributed by atoms with Crippen molar-refractivity contribution in [2.75, 3.05) is 6.54 Å².